The van der Waals surface area contributed by atoms with Gasteiger partial charge in [0.25, 0.3) is 0 Å². The van der Waals surface area contributed by atoms with Crippen molar-refractivity contribution in [3.63, 3.8) is 0 Å². The van der Waals surface area contributed by atoms with Crippen LogP contribution in [0.5, 0.6) is 0 Å². The third kappa shape index (κ3) is 3.32. The molecule has 0 aliphatic carbocycles. The minimum Gasteiger partial charge on any atom is -0.378 e. The number of pyridine rings is 1. The van der Waals surface area contributed by atoms with Crippen LogP contribution in [0, 0.1) is 17.7 Å². The van der Waals surface area contributed by atoms with Crippen LogP contribution in [0.2, 0.25) is 0 Å². The van der Waals surface area contributed by atoms with Gasteiger partial charge in [-0.05, 0) is 37.3 Å². The zero-order valence-electron chi connectivity index (χ0n) is 10.0. The summed E-state index contributed by atoms with van der Waals surface area (Å²) in [7, 11) is 0. The third-order valence-corrected chi connectivity index (χ3v) is 2.03. The van der Waals surface area contributed by atoms with Crippen molar-refractivity contribution < 1.29 is 9.50 Å². The number of nitrogens with zero attached hydrogens (tertiary/aromatic N) is 1. The van der Waals surface area contributed by atoms with Gasteiger partial charge in [0.1, 0.15) is 11.3 Å². The Kier molecular flexibility index (Phi) is 3.66. The molecule has 16 heavy (non-hydrogen) atoms. The van der Waals surface area contributed by atoms with Crippen LogP contribution in [0.4, 0.5) is 4.39 Å². The summed E-state index contributed by atoms with van der Waals surface area (Å²) in [5.74, 6) is 4.80. The van der Waals surface area contributed by atoms with E-state index < -0.39 is 11.4 Å². The molecule has 0 bridgehead atoms. The Morgan fingerprint density at radius 2 is 2.06 bits per heavy atom. The lowest BCUT2D eigenvalue weighted by Crippen LogP contribution is -2.14. The smallest absolute Gasteiger partial charge is 0.160 e. The van der Waals surface area contributed by atoms with E-state index in [0.717, 1.165) is 0 Å². The summed E-state index contributed by atoms with van der Waals surface area (Å²) >= 11 is 0. The van der Waals surface area contributed by atoms with Gasteiger partial charge in [0.05, 0.1) is 0 Å². The first-order valence-corrected chi connectivity index (χ1v) is 5.21. The highest BCUT2D eigenvalue weighted by molar-refractivity contribution is 5.35. The largest absolute Gasteiger partial charge is 0.378 e. The van der Waals surface area contributed by atoms with Crippen LogP contribution < -0.4 is 0 Å². The molecule has 1 aromatic rings. The maximum atomic E-state index is 13.9. The fraction of sp³-hybridized carbons (Fsp3) is 0.462. The average molecular weight is 221 g/mol. The van der Waals surface area contributed by atoms with Crippen LogP contribution in [0.1, 0.15) is 44.9 Å². The zero-order chi connectivity index (χ0) is 12.3. The number of halogens is 1. The Bertz CT molecular complexity index is 435. The Balaban J connectivity index is 3.15. The minimum absolute atomic E-state index is 0.0886. The first kappa shape index (κ1) is 12.7. The van der Waals surface area contributed by atoms with Crippen molar-refractivity contribution in [3.05, 3.63) is 29.3 Å². The first-order chi connectivity index (χ1) is 7.31. The SMILES string of the molecule is CC(C)c1ccnc(C#CC(C)(C)O)c1F. The van der Waals surface area contributed by atoms with Crippen molar-refractivity contribution in [3.8, 4) is 11.8 Å². The van der Waals surface area contributed by atoms with Crippen LogP contribution in [0.3, 0.4) is 0 Å². The summed E-state index contributed by atoms with van der Waals surface area (Å²) in [6.07, 6.45) is 1.53. The summed E-state index contributed by atoms with van der Waals surface area (Å²) < 4.78 is 13.9. The Morgan fingerprint density at radius 1 is 1.44 bits per heavy atom. The topological polar surface area (TPSA) is 33.1 Å². The summed E-state index contributed by atoms with van der Waals surface area (Å²) in [5, 5.41) is 9.42. The number of hydrogen-bond donors (Lipinski definition) is 1. The maximum Gasteiger partial charge on any atom is 0.160 e. The highest BCUT2D eigenvalue weighted by Crippen LogP contribution is 2.19. The van der Waals surface area contributed by atoms with Crippen molar-refractivity contribution in [1.29, 1.82) is 0 Å². The van der Waals surface area contributed by atoms with Gasteiger partial charge in [-0.15, -0.1) is 0 Å². The number of aromatic nitrogens is 1. The van der Waals surface area contributed by atoms with Gasteiger partial charge < -0.3 is 5.11 Å². The van der Waals surface area contributed by atoms with E-state index in [1.165, 1.54) is 6.20 Å². The molecule has 0 spiro atoms. The van der Waals surface area contributed by atoms with Gasteiger partial charge in [0.15, 0.2) is 5.82 Å². The summed E-state index contributed by atoms with van der Waals surface area (Å²) in [6, 6.07) is 1.65. The van der Waals surface area contributed by atoms with Crippen molar-refractivity contribution in [2.45, 2.75) is 39.2 Å². The summed E-state index contributed by atoms with van der Waals surface area (Å²) in [5.41, 5.74) is -0.453. The molecule has 0 saturated heterocycles. The van der Waals surface area contributed by atoms with Crippen LogP contribution in [0.15, 0.2) is 12.3 Å². The minimum atomic E-state index is -1.14. The molecule has 1 heterocycles. The molecule has 0 aliphatic heterocycles. The molecule has 1 N–H and O–H groups in total. The molecule has 0 amide bonds. The molecule has 1 aromatic heterocycles. The molecule has 0 aromatic carbocycles. The number of rotatable bonds is 1. The highest BCUT2D eigenvalue weighted by Gasteiger charge is 2.11. The van der Waals surface area contributed by atoms with Gasteiger partial charge in [-0.1, -0.05) is 19.8 Å². The van der Waals surface area contributed by atoms with Gasteiger partial charge in [0.2, 0.25) is 0 Å². The van der Waals surface area contributed by atoms with Gasteiger partial charge >= 0.3 is 0 Å². The summed E-state index contributed by atoms with van der Waals surface area (Å²) in [6.45, 7) is 6.91. The molecule has 0 fully saturated rings. The highest BCUT2D eigenvalue weighted by atomic mass is 19.1. The maximum absolute atomic E-state index is 13.9. The molecule has 0 radical (unpaired) electrons. The van der Waals surface area contributed by atoms with Gasteiger partial charge in [-0.2, -0.15) is 0 Å². The fourth-order valence-electron chi connectivity index (χ4n) is 1.20. The molecule has 0 saturated carbocycles. The van der Waals surface area contributed by atoms with E-state index in [0.29, 0.717) is 5.56 Å². The van der Waals surface area contributed by atoms with Crippen LogP contribution in [-0.2, 0) is 0 Å². The van der Waals surface area contributed by atoms with Gasteiger partial charge in [-0.3, -0.25) is 0 Å². The lowest BCUT2D eigenvalue weighted by Gasteiger charge is -2.08. The average Bonchev–Trinajstić information content (AvgIpc) is 2.14. The lowest BCUT2D eigenvalue weighted by molar-refractivity contribution is 0.143. The predicted octanol–water partition coefficient (Wildman–Crippen LogP) is 2.47. The molecule has 0 atom stereocenters. The predicted molar refractivity (Wildman–Crippen MR) is 61.5 cm³/mol. The second-order valence-corrected chi connectivity index (χ2v) is 4.53. The molecule has 3 heteroatoms. The molecule has 0 aliphatic rings. The Hall–Kier alpha value is -1.40. The van der Waals surface area contributed by atoms with Gasteiger partial charge in [0, 0.05) is 6.20 Å². The van der Waals surface area contributed by atoms with Crippen molar-refractivity contribution in [2.24, 2.45) is 0 Å². The van der Waals surface area contributed by atoms with Crippen molar-refractivity contribution >= 4 is 0 Å². The monoisotopic (exact) mass is 221 g/mol. The standard InChI is InChI=1S/C13H16FNO/c1-9(2)10-6-8-15-11(12(10)14)5-7-13(3,4)16/h6,8-9,16H,1-4H3. The van der Waals surface area contributed by atoms with Crippen LogP contribution in [0.25, 0.3) is 0 Å². The van der Waals surface area contributed by atoms with E-state index in [4.69, 9.17) is 0 Å². The van der Waals surface area contributed by atoms with E-state index >= 15 is 0 Å². The lowest BCUT2D eigenvalue weighted by atomic mass is 10.0. The molecule has 0 unspecified atom stereocenters. The molecule has 1 rings (SSSR count). The van der Waals surface area contributed by atoms with E-state index in [1.807, 2.05) is 13.8 Å². The second-order valence-electron chi connectivity index (χ2n) is 4.53. The second kappa shape index (κ2) is 4.63. The van der Waals surface area contributed by atoms with Crippen molar-refractivity contribution in [2.75, 3.05) is 0 Å². The third-order valence-electron chi connectivity index (χ3n) is 2.03. The molecule has 2 nitrogen and oxygen atoms in total. The fourth-order valence-corrected chi connectivity index (χ4v) is 1.20. The van der Waals surface area contributed by atoms with E-state index in [9.17, 15) is 9.50 Å². The molecular formula is C13H16FNO. The number of hydrogen-bond acceptors (Lipinski definition) is 2. The van der Waals surface area contributed by atoms with E-state index in [1.54, 1.807) is 19.9 Å². The normalized spacial score (nSPS) is 11.2. The summed E-state index contributed by atoms with van der Waals surface area (Å²) in [4.78, 5) is 3.86. The molecule has 86 valence electrons. The van der Waals surface area contributed by atoms with E-state index in [2.05, 4.69) is 16.8 Å². The van der Waals surface area contributed by atoms with Crippen LogP contribution in [-0.4, -0.2) is 15.7 Å². The Morgan fingerprint density at radius 3 is 2.56 bits per heavy atom. The molecular weight excluding hydrogens is 205 g/mol. The zero-order valence-corrected chi connectivity index (χ0v) is 10.0. The van der Waals surface area contributed by atoms with Crippen LogP contribution >= 0.6 is 0 Å². The quantitative estimate of drug-likeness (QED) is 0.739. The number of aliphatic hydroxyl groups is 1. The van der Waals surface area contributed by atoms with Crippen molar-refractivity contribution in [1.82, 2.24) is 4.98 Å². The first-order valence-electron chi connectivity index (χ1n) is 5.21. The Labute approximate surface area is 95.5 Å². The van der Waals surface area contributed by atoms with Gasteiger partial charge in [-0.25, -0.2) is 9.37 Å². The van der Waals surface area contributed by atoms with E-state index in [-0.39, 0.29) is 11.6 Å².